The first-order valence-electron chi connectivity index (χ1n) is 5.64. The van der Waals surface area contributed by atoms with Crippen LogP contribution < -0.4 is 5.32 Å². The van der Waals surface area contributed by atoms with Crippen molar-refractivity contribution in [3.63, 3.8) is 0 Å². The Bertz CT molecular complexity index is 322. The highest BCUT2D eigenvalue weighted by atomic mass is 14.9. The number of hydrogen-bond donors (Lipinski definition) is 1. The van der Waals surface area contributed by atoms with Crippen LogP contribution in [0.2, 0.25) is 0 Å². The fourth-order valence-electron chi connectivity index (χ4n) is 1.39. The van der Waals surface area contributed by atoms with Crippen molar-refractivity contribution in [3.8, 4) is 0 Å². The van der Waals surface area contributed by atoms with Gasteiger partial charge in [0.1, 0.15) is 0 Å². The summed E-state index contributed by atoms with van der Waals surface area (Å²) in [5, 5.41) is 3.36. The van der Waals surface area contributed by atoms with Crippen LogP contribution in [-0.2, 0) is 0 Å². The molecule has 1 aliphatic rings. The van der Waals surface area contributed by atoms with Gasteiger partial charge in [-0.2, -0.15) is 0 Å². The maximum Gasteiger partial charge on any atom is 0.0384 e. The van der Waals surface area contributed by atoms with E-state index in [2.05, 4.69) is 35.7 Å². The Morgan fingerprint density at radius 1 is 1.00 bits per heavy atom. The van der Waals surface area contributed by atoms with E-state index in [1.54, 1.807) is 0 Å². The van der Waals surface area contributed by atoms with Crippen LogP contribution in [0.3, 0.4) is 0 Å². The molecule has 80 valence electrons. The van der Waals surface area contributed by atoms with Crippen LogP contribution in [0.5, 0.6) is 0 Å². The van der Waals surface area contributed by atoms with Gasteiger partial charge >= 0.3 is 0 Å². The third kappa shape index (κ3) is 4.03. The van der Waals surface area contributed by atoms with Gasteiger partial charge in [0.2, 0.25) is 0 Å². The summed E-state index contributed by atoms with van der Waals surface area (Å²) in [6.07, 6.45) is 8.88. The van der Waals surface area contributed by atoms with E-state index >= 15 is 0 Å². The number of rotatable bonds is 2. The second kappa shape index (κ2) is 6.88. The SMILES string of the molecule is C1=CC(Nc2ccccc2)=CCC1.CC. The van der Waals surface area contributed by atoms with Crippen molar-refractivity contribution in [1.82, 2.24) is 0 Å². The largest absolute Gasteiger partial charge is 0.356 e. The minimum atomic E-state index is 1.14. The Hall–Kier alpha value is -1.50. The van der Waals surface area contributed by atoms with Crippen molar-refractivity contribution >= 4 is 5.69 Å². The zero-order valence-corrected chi connectivity index (χ0v) is 9.53. The van der Waals surface area contributed by atoms with Gasteiger partial charge in [0.15, 0.2) is 0 Å². The third-order valence-electron chi connectivity index (χ3n) is 2.06. The average Bonchev–Trinajstić information content (AvgIpc) is 2.34. The smallest absolute Gasteiger partial charge is 0.0384 e. The predicted molar refractivity (Wildman–Crippen MR) is 67.9 cm³/mol. The highest BCUT2D eigenvalue weighted by Gasteiger charge is 1.96. The first-order chi connectivity index (χ1) is 7.45. The summed E-state index contributed by atoms with van der Waals surface area (Å²) in [5.74, 6) is 0. The molecule has 0 radical (unpaired) electrons. The normalized spacial score (nSPS) is 13.6. The highest BCUT2D eigenvalue weighted by molar-refractivity contribution is 5.50. The zero-order valence-electron chi connectivity index (χ0n) is 9.53. The van der Waals surface area contributed by atoms with Gasteiger partial charge in [-0.05, 0) is 31.1 Å². The van der Waals surface area contributed by atoms with Crippen LogP contribution >= 0.6 is 0 Å². The first-order valence-corrected chi connectivity index (χ1v) is 5.64. The molecule has 15 heavy (non-hydrogen) atoms. The average molecular weight is 201 g/mol. The monoisotopic (exact) mass is 201 g/mol. The lowest BCUT2D eigenvalue weighted by atomic mass is 10.1. The summed E-state index contributed by atoms with van der Waals surface area (Å²) < 4.78 is 0. The molecule has 0 spiro atoms. The molecule has 1 aromatic rings. The standard InChI is InChI=1S/C12H13N.C2H6/c1-3-7-11(8-4-1)13-12-9-5-2-6-10-12;1-2/h1,3-5,7-10,13H,2,6H2;1-2H3. The molecule has 1 aliphatic carbocycles. The van der Waals surface area contributed by atoms with Gasteiger partial charge in [0, 0.05) is 11.4 Å². The summed E-state index contributed by atoms with van der Waals surface area (Å²) in [6.45, 7) is 4.00. The maximum atomic E-state index is 3.36. The summed E-state index contributed by atoms with van der Waals surface area (Å²) >= 11 is 0. The van der Waals surface area contributed by atoms with Crippen LogP contribution in [0, 0.1) is 0 Å². The lowest BCUT2D eigenvalue weighted by molar-refractivity contribution is 1.02. The predicted octanol–water partition coefficient (Wildman–Crippen LogP) is 4.36. The van der Waals surface area contributed by atoms with Crippen LogP contribution in [0.15, 0.2) is 54.3 Å². The summed E-state index contributed by atoms with van der Waals surface area (Å²) in [7, 11) is 0. The van der Waals surface area contributed by atoms with E-state index < -0.39 is 0 Å². The maximum absolute atomic E-state index is 3.36. The Labute approximate surface area is 92.5 Å². The summed E-state index contributed by atoms with van der Waals surface area (Å²) in [6, 6.07) is 10.2. The van der Waals surface area contributed by atoms with Crippen LogP contribution in [0.25, 0.3) is 0 Å². The quantitative estimate of drug-likeness (QED) is 0.749. The summed E-state index contributed by atoms with van der Waals surface area (Å²) in [4.78, 5) is 0. The minimum absolute atomic E-state index is 1.14. The molecule has 1 nitrogen and oxygen atoms in total. The molecule has 0 saturated heterocycles. The molecule has 0 aliphatic heterocycles. The number of nitrogens with one attached hydrogen (secondary N) is 1. The lowest BCUT2D eigenvalue weighted by Crippen LogP contribution is -1.98. The molecule has 0 saturated carbocycles. The van der Waals surface area contributed by atoms with Crippen LogP contribution in [0.1, 0.15) is 26.7 Å². The number of para-hydroxylation sites is 1. The molecule has 0 fully saturated rings. The van der Waals surface area contributed by atoms with Gasteiger partial charge in [-0.1, -0.05) is 44.2 Å². The Morgan fingerprint density at radius 3 is 2.33 bits per heavy atom. The summed E-state index contributed by atoms with van der Waals surface area (Å²) in [5.41, 5.74) is 2.36. The van der Waals surface area contributed by atoms with E-state index in [0.29, 0.717) is 0 Å². The van der Waals surface area contributed by atoms with Gasteiger partial charge in [0.25, 0.3) is 0 Å². The highest BCUT2D eigenvalue weighted by Crippen LogP contribution is 2.14. The van der Waals surface area contributed by atoms with E-state index in [4.69, 9.17) is 0 Å². The van der Waals surface area contributed by atoms with Crippen molar-refractivity contribution in [2.45, 2.75) is 26.7 Å². The third-order valence-corrected chi connectivity index (χ3v) is 2.06. The Balaban J connectivity index is 0.000000531. The fourth-order valence-corrected chi connectivity index (χ4v) is 1.39. The van der Waals surface area contributed by atoms with Crippen LogP contribution in [0.4, 0.5) is 5.69 Å². The van der Waals surface area contributed by atoms with Crippen LogP contribution in [-0.4, -0.2) is 0 Å². The van der Waals surface area contributed by atoms with Gasteiger partial charge < -0.3 is 5.32 Å². The minimum Gasteiger partial charge on any atom is -0.356 e. The van der Waals surface area contributed by atoms with E-state index in [-0.39, 0.29) is 0 Å². The molecule has 1 aromatic carbocycles. The number of allylic oxidation sites excluding steroid dienone is 3. The van der Waals surface area contributed by atoms with Crippen molar-refractivity contribution < 1.29 is 0 Å². The van der Waals surface area contributed by atoms with E-state index in [9.17, 15) is 0 Å². The molecule has 0 aromatic heterocycles. The van der Waals surface area contributed by atoms with Gasteiger partial charge in [-0.15, -0.1) is 0 Å². The Morgan fingerprint density at radius 2 is 1.73 bits per heavy atom. The molecule has 0 atom stereocenters. The molecule has 0 unspecified atom stereocenters. The Kier molecular flexibility index (Phi) is 5.31. The van der Waals surface area contributed by atoms with Gasteiger partial charge in [-0.3, -0.25) is 0 Å². The number of benzene rings is 1. The molecular weight excluding hydrogens is 182 g/mol. The lowest BCUT2D eigenvalue weighted by Gasteiger charge is -2.09. The second-order valence-corrected chi connectivity index (χ2v) is 3.13. The van der Waals surface area contributed by atoms with Crippen molar-refractivity contribution in [1.29, 1.82) is 0 Å². The molecule has 1 N–H and O–H groups in total. The van der Waals surface area contributed by atoms with Crippen molar-refractivity contribution in [2.24, 2.45) is 0 Å². The topological polar surface area (TPSA) is 12.0 Å². The molecule has 0 amide bonds. The van der Waals surface area contributed by atoms with Crippen molar-refractivity contribution in [3.05, 3.63) is 54.3 Å². The van der Waals surface area contributed by atoms with E-state index in [1.807, 2.05) is 32.0 Å². The molecule has 2 rings (SSSR count). The fraction of sp³-hybridized carbons (Fsp3) is 0.286. The zero-order chi connectivity index (χ0) is 10.9. The van der Waals surface area contributed by atoms with E-state index in [1.165, 1.54) is 12.1 Å². The van der Waals surface area contributed by atoms with Gasteiger partial charge in [-0.25, -0.2) is 0 Å². The second-order valence-electron chi connectivity index (χ2n) is 3.13. The molecule has 1 heteroatoms. The first kappa shape index (κ1) is 11.6. The number of anilines is 1. The molecular formula is C14H19N. The molecule has 0 heterocycles. The van der Waals surface area contributed by atoms with Crippen molar-refractivity contribution in [2.75, 3.05) is 5.32 Å². The molecule has 0 bridgehead atoms. The van der Waals surface area contributed by atoms with E-state index in [0.717, 1.165) is 12.1 Å². The van der Waals surface area contributed by atoms with Gasteiger partial charge in [0.05, 0.1) is 0 Å². The number of hydrogen-bond acceptors (Lipinski definition) is 1.